The second-order valence-corrected chi connectivity index (χ2v) is 4.53. The van der Waals surface area contributed by atoms with Crippen LogP contribution in [0.5, 0.6) is 0 Å². The number of rotatable bonds is 5. The molecule has 2 heterocycles. The molecule has 98 valence electrons. The van der Waals surface area contributed by atoms with Crippen LogP contribution in [-0.4, -0.2) is 37.7 Å². The lowest BCUT2D eigenvalue weighted by molar-refractivity contribution is -0.146. The molecule has 0 spiro atoms. The van der Waals surface area contributed by atoms with Crippen LogP contribution >= 0.6 is 0 Å². The molecule has 0 bridgehead atoms. The van der Waals surface area contributed by atoms with Gasteiger partial charge in [-0.1, -0.05) is 6.92 Å². The van der Waals surface area contributed by atoms with Crippen molar-refractivity contribution in [3.63, 3.8) is 0 Å². The molecule has 1 aliphatic rings. The average molecular weight is 251 g/mol. The number of carboxylic acid groups (broad SMARTS) is 1. The Bertz CT molecular complexity index is 455. The fourth-order valence-corrected chi connectivity index (χ4v) is 2.22. The number of aromatic nitrogens is 2. The molecular weight excluding hydrogens is 234 g/mol. The van der Waals surface area contributed by atoms with Gasteiger partial charge in [-0.3, -0.25) is 9.48 Å². The number of likely N-dealkylation sites (tertiary alicyclic amines) is 1. The van der Waals surface area contributed by atoms with Gasteiger partial charge in [0.1, 0.15) is 6.04 Å². The van der Waals surface area contributed by atoms with Gasteiger partial charge in [0.25, 0.3) is 0 Å². The van der Waals surface area contributed by atoms with E-state index < -0.39 is 12.0 Å². The Balaban J connectivity index is 2.06. The Labute approximate surface area is 105 Å². The molecule has 1 aromatic rings. The van der Waals surface area contributed by atoms with E-state index in [1.807, 2.05) is 10.9 Å². The van der Waals surface area contributed by atoms with E-state index in [1.165, 1.54) is 4.90 Å². The molecule has 1 aliphatic heterocycles. The third-order valence-corrected chi connectivity index (χ3v) is 3.11. The van der Waals surface area contributed by atoms with Crippen LogP contribution in [0.25, 0.3) is 0 Å². The van der Waals surface area contributed by atoms with Crippen molar-refractivity contribution in [3.05, 3.63) is 18.0 Å². The Morgan fingerprint density at radius 1 is 1.61 bits per heavy atom. The molecule has 0 saturated carbocycles. The Morgan fingerprint density at radius 2 is 2.39 bits per heavy atom. The van der Waals surface area contributed by atoms with Crippen LogP contribution in [0.15, 0.2) is 12.4 Å². The minimum Gasteiger partial charge on any atom is -0.480 e. The summed E-state index contributed by atoms with van der Waals surface area (Å²) in [6.07, 6.45) is 5.27. The first-order valence-corrected chi connectivity index (χ1v) is 6.15. The lowest BCUT2D eigenvalue weighted by atomic mass is 10.2. The lowest BCUT2D eigenvalue weighted by Gasteiger charge is -2.20. The maximum absolute atomic E-state index is 11.7. The molecule has 6 nitrogen and oxygen atoms in total. The van der Waals surface area contributed by atoms with Gasteiger partial charge in [0.15, 0.2) is 0 Å². The Morgan fingerprint density at radius 3 is 3.06 bits per heavy atom. The van der Waals surface area contributed by atoms with Gasteiger partial charge in [-0.15, -0.1) is 0 Å². The van der Waals surface area contributed by atoms with Gasteiger partial charge in [0, 0.05) is 31.3 Å². The van der Waals surface area contributed by atoms with Gasteiger partial charge in [-0.25, -0.2) is 4.79 Å². The highest BCUT2D eigenvalue weighted by atomic mass is 16.4. The van der Waals surface area contributed by atoms with Crippen LogP contribution in [0.1, 0.15) is 31.7 Å². The van der Waals surface area contributed by atoms with Gasteiger partial charge < -0.3 is 10.0 Å². The predicted octanol–water partition coefficient (Wildman–Crippen LogP) is 0.869. The highest BCUT2D eigenvalue weighted by Crippen LogP contribution is 2.21. The zero-order valence-corrected chi connectivity index (χ0v) is 10.4. The van der Waals surface area contributed by atoms with Crippen LogP contribution in [0.2, 0.25) is 0 Å². The molecule has 2 rings (SSSR count). The van der Waals surface area contributed by atoms with Crippen LogP contribution < -0.4 is 0 Å². The third kappa shape index (κ3) is 2.52. The number of amides is 1. The number of nitrogens with zero attached hydrogens (tertiary/aromatic N) is 3. The van der Waals surface area contributed by atoms with Gasteiger partial charge >= 0.3 is 5.97 Å². The fraction of sp³-hybridized carbons (Fsp3) is 0.583. The highest BCUT2D eigenvalue weighted by Gasteiger charge is 2.35. The van der Waals surface area contributed by atoms with Crippen molar-refractivity contribution in [3.8, 4) is 0 Å². The number of carboxylic acids is 1. The molecular formula is C12H17N3O3. The Hall–Kier alpha value is -1.85. The van der Waals surface area contributed by atoms with E-state index in [2.05, 4.69) is 12.0 Å². The minimum absolute atomic E-state index is 0.0920. The number of carbonyl (C=O) groups is 2. The van der Waals surface area contributed by atoms with Crippen LogP contribution in [0.4, 0.5) is 0 Å². The van der Waals surface area contributed by atoms with Crippen LogP contribution in [0, 0.1) is 0 Å². The molecule has 0 aliphatic carbocycles. The van der Waals surface area contributed by atoms with E-state index in [9.17, 15) is 9.59 Å². The van der Waals surface area contributed by atoms with Gasteiger partial charge in [-0.05, 0) is 12.8 Å². The molecule has 1 saturated heterocycles. The summed E-state index contributed by atoms with van der Waals surface area (Å²) in [5.74, 6) is -1.02. The molecule has 0 aromatic carbocycles. The van der Waals surface area contributed by atoms with E-state index in [1.54, 1.807) is 6.20 Å². The number of aryl methyl sites for hydroxylation is 1. The zero-order valence-electron chi connectivity index (χ0n) is 10.4. The number of aliphatic carboxylic acids is 1. The van der Waals surface area contributed by atoms with E-state index in [0.717, 1.165) is 18.5 Å². The van der Waals surface area contributed by atoms with E-state index in [-0.39, 0.29) is 5.91 Å². The molecule has 1 unspecified atom stereocenters. The summed E-state index contributed by atoms with van der Waals surface area (Å²) in [5.41, 5.74) is 0.880. The van der Waals surface area contributed by atoms with E-state index >= 15 is 0 Å². The van der Waals surface area contributed by atoms with Crippen molar-refractivity contribution >= 4 is 11.9 Å². The monoisotopic (exact) mass is 251 g/mol. The topological polar surface area (TPSA) is 75.4 Å². The van der Waals surface area contributed by atoms with Crippen molar-refractivity contribution in [2.75, 3.05) is 0 Å². The molecule has 1 atom stereocenters. The second-order valence-electron chi connectivity index (χ2n) is 4.53. The molecule has 1 N–H and O–H groups in total. The lowest BCUT2D eigenvalue weighted by Crippen LogP contribution is -2.37. The summed E-state index contributed by atoms with van der Waals surface area (Å²) >= 11 is 0. The van der Waals surface area contributed by atoms with Crippen LogP contribution in [-0.2, 0) is 22.7 Å². The maximum Gasteiger partial charge on any atom is 0.326 e. The SMILES string of the molecule is CCCn1cc(CN2C(=O)CCC2C(=O)O)cn1. The first-order chi connectivity index (χ1) is 8.61. The van der Waals surface area contributed by atoms with Gasteiger partial charge in [0.05, 0.1) is 6.20 Å². The molecule has 0 radical (unpaired) electrons. The van der Waals surface area contributed by atoms with Gasteiger partial charge in [-0.2, -0.15) is 5.10 Å². The number of hydrogen-bond acceptors (Lipinski definition) is 3. The van der Waals surface area contributed by atoms with Crippen LogP contribution in [0.3, 0.4) is 0 Å². The van der Waals surface area contributed by atoms with Gasteiger partial charge in [0.2, 0.25) is 5.91 Å². The standard InChI is InChI=1S/C12H17N3O3/c1-2-5-14-7-9(6-13-14)8-15-10(12(17)18)3-4-11(15)16/h6-7,10H,2-5,8H2,1H3,(H,17,18). The Kier molecular flexibility index (Phi) is 3.64. The third-order valence-electron chi connectivity index (χ3n) is 3.11. The van der Waals surface area contributed by atoms with Crippen molar-refractivity contribution in [1.82, 2.24) is 14.7 Å². The summed E-state index contributed by atoms with van der Waals surface area (Å²) in [6.45, 7) is 3.22. The summed E-state index contributed by atoms with van der Waals surface area (Å²) in [5, 5.41) is 13.2. The second kappa shape index (κ2) is 5.20. The molecule has 1 amide bonds. The van der Waals surface area contributed by atoms with Crippen molar-refractivity contribution in [2.45, 2.75) is 45.3 Å². The number of hydrogen-bond donors (Lipinski definition) is 1. The summed E-state index contributed by atoms with van der Waals surface area (Å²) in [7, 11) is 0. The first-order valence-electron chi connectivity index (χ1n) is 6.15. The molecule has 6 heteroatoms. The first kappa shape index (κ1) is 12.6. The largest absolute Gasteiger partial charge is 0.480 e. The number of carbonyl (C=O) groups excluding carboxylic acids is 1. The average Bonchev–Trinajstić information content (AvgIpc) is 2.89. The molecule has 18 heavy (non-hydrogen) atoms. The van der Waals surface area contributed by atoms with Crippen molar-refractivity contribution in [1.29, 1.82) is 0 Å². The normalized spacial score (nSPS) is 19.5. The maximum atomic E-state index is 11.7. The molecule has 1 aromatic heterocycles. The van der Waals surface area contributed by atoms with Crippen molar-refractivity contribution < 1.29 is 14.7 Å². The fourth-order valence-electron chi connectivity index (χ4n) is 2.22. The minimum atomic E-state index is -0.929. The summed E-state index contributed by atoms with van der Waals surface area (Å²) in [4.78, 5) is 24.1. The summed E-state index contributed by atoms with van der Waals surface area (Å²) < 4.78 is 1.81. The van der Waals surface area contributed by atoms with E-state index in [0.29, 0.717) is 19.4 Å². The highest BCUT2D eigenvalue weighted by molar-refractivity contribution is 5.87. The zero-order chi connectivity index (χ0) is 13.1. The molecule has 1 fully saturated rings. The predicted molar refractivity (Wildman–Crippen MR) is 63.7 cm³/mol. The van der Waals surface area contributed by atoms with E-state index in [4.69, 9.17) is 5.11 Å². The quantitative estimate of drug-likeness (QED) is 0.842. The summed E-state index contributed by atoms with van der Waals surface area (Å²) in [6, 6.07) is -0.688. The smallest absolute Gasteiger partial charge is 0.326 e. The van der Waals surface area contributed by atoms with Crippen molar-refractivity contribution in [2.24, 2.45) is 0 Å².